The van der Waals surface area contributed by atoms with Gasteiger partial charge in [0, 0.05) is 12.2 Å². The molecule has 1 rings (SSSR count). The van der Waals surface area contributed by atoms with E-state index < -0.39 is 11.8 Å². The summed E-state index contributed by atoms with van der Waals surface area (Å²) in [5.41, 5.74) is 0.842. The average Bonchev–Trinajstić information content (AvgIpc) is 2.32. The molecule has 6 heteroatoms. The molecule has 18 heavy (non-hydrogen) atoms. The lowest BCUT2D eigenvalue weighted by Gasteiger charge is -2.08. The minimum Gasteiger partial charge on any atom is -0.355 e. The Morgan fingerprint density at radius 2 is 2.00 bits per heavy atom. The van der Waals surface area contributed by atoms with Crippen molar-refractivity contribution in [2.24, 2.45) is 0 Å². The largest absolute Gasteiger partial charge is 0.355 e. The summed E-state index contributed by atoms with van der Waals surface area (Å²) in [5.74, 6) is -0.667. The van der Waals surface area contributed by atoms with Gasteiger partial charge in [0.25, 0.3) is 0 Å². The Labute approximate surface area is 105 Å². The van der Waals surface area contributed by atoms with Crippen LogP contribution < -0.4 is 16.0 Å². The number of hydrogen-bond donors (Lipinski definition) is 3. The second-order valence-corrected chi connectivity index (χ2v) is 3.73. The number of urea groups is 1. The molecule has 0 atom stereocenters. The standard InChI is InChI=1S/C12H16FN3O2/c1-3-14-11(17)7-15-12(18)16-9-5-4-8(2)10(13)6-9/h4-6H,3,7H2,1-2H3,(H,14,17)(H2,15,16,18). The number of hydrogen-bond acceptors (Lipinski definition) is 2. The zero-order chi connectivity index (χ0) is 13.5. The number of amides is 3. The van der Waals surface area contributed by atoms with Crippen LogP contribution in [0.2, 0.25) is 0 Å². The molecule has 0 unspecified atom stereocenters. The van der Waals surface area contributed by atoms with Crippen molar-refractivity contribution >= 4 is 17.6 Å². The van der Waals surface area contributed by atoms with Crippen LogP contribution in [-0.4, -0.2) is 25.0 Å². The van der Waals surface area contributed by atoms with Crippen molar-refractivity contribution in [2.45, 2.75) is 13.8 Å². The van der Waals surface area contributed by atoms with Crippen molar-refractivity contribution < 1.29 is 14.0 Å². The summed E-state index contributed by atoms with van der Waals surface area (Å²) in [5, 5.41) is 7.34. The number of carbonyl (C=O) groups is 2. The average molecular weight is 253 g/mol. The maximum Gasteiger partial charge on any atom is 0.319 e. The van der Waals surface area contributed by atoms with Crippen molar-refractivity contribution in [1.82, 2.24) is 10.6 Å². The number of aryl methyl sites for hydroxylation is 1. The van der Waals surface area contributed by atoms with Crippen molar-refractivity contribution in [3.8, 4) is 0 Å². The lowest BCUT2D eigenvalue weighted by Crippen LogP contribution is -2.38. The summed E-state index contributed by atoms with van der Waals surface area (Å²) in [6.07, 6.45) is 0. The number of nitrogens with one attached hydrogen (secondary N) is 3. The summed E-state index contributed by atoms with van der Waals surface area (Å²) < 4.78 is 13.2. The number of benzene rings is 1. The molecule has 0 aliphatic rings. The third kappa shape index (κ3) is 4.40. The fourth-order valence-corrected chi connectivity index (χ4v) is 1.27. The summed E-state index contributed by atoms with van der Waals surface area (Å²) in [7, 11) is 0. The predicted molar refractivity (Wildman–Crippen MR) is 66.8 cm³/mol. The smallest absolute Gasteiger partial charge is 0.319 e. The molecule has 0 radical (unpaired) electrons. The van der Waals surface area contributed by atoms with Gasteiger partial charge in [-0.25, -0.2) is 9.18 Å². The molecule has 0 heterocycles. The Balaban J connectivity index is 2.44. The molecule has 1 aromatic rings. The van der Waals surface area contributed by atoms with Crippen LogP contribution in [0.25, 0.3) is 0 Å². The number of rotatable bonds is 4. The van der Waals surface area contributed by atoms with Crippen molar-refractivity contribution in [3.05, 3.63) is 29.6 Å². The second-order valence-electron chi connectivity index (χ2n) is 3.73. The Kier molecular flexibility index (Phi) is 5.10. The predicted octanol–water partition coefficient (Wildman–Crippen LogP) is 1.39. The minimum absolute atomic E-state index is 0.117. The molecule has 0 spiro atoms. The van der Waals surface area contributed by atoms with Crippen LogP contribution in [-0.2, 0) is 4.79 Å². The van der Waals surface area contributed by atoms with E-state index in [0.29, 0.717) is 17.8 Å². The van der Waals surface area contributed by atoms with Crippen LogP contribution in [0.4, 0.5) is 14.9 Å². The molecule has 0 bridgehead atoms. The van der Waals surface area contributed by atoms with Crippen molar-refractivity contribution in [1.29, 1.82) is 0 Å². The molecule has 0 saturated carbocycles. The normalized spacial score (nSPS) is 9.72. The molecule has 5 nitrogen and oxygen atoms in total. The summed E-state index contributed by atoms with van der Waals surface area (Å²) in [6, 6.07) is 3.82. The highest BCUT2D eigenvalue weighted by molar-refractivity contribution is 5.92. The third-order valence-corrected chi connectivity index (χ3v) is 2.21. The van der Waals surface area contributed by atoms with Gasteiger partial charge in [-0.1, -0.05) is 6.07 Å². The molecule has 3 amide bonds. The van der Waals surface area contributed by atoms with Crippen LogP contribution in [0.1, 0.15) is 12.5 Å². The molecular formula is C12H16FN3O2. The van der Waals surface area contributed by atoms with Crippen LogP contribution in [0, 0.1) is 12.7 Å². The molecular weight excluding hydrogens is 237 g/mol. The number of carbonyl (C=O) groups excluding carboxylic acids is 2. The second kappa shape index (κ2) is 6.58. The maximum absolute atomic E-state index is 13.2. The van der Waals surface area contributed by atoms with Crippen LogP contribution in [0.5, 0.6) is 0 Å². The maximum atomic E-state index is 13.2. The first-order valence-corrected chi connectivity index (χ1v) is 5.60. The topological polar surface area (TPSA) is 70.2 Å². The lowest BCUT2D eigenvalue weighted by atomic mass is 10.2. The molecule has 0 fully saturated rings. The molecule has 0 aliphatic heterocycles. The Morgan fingerprint density at radius 3 is 2.61 bits per heavy atom. The number of halogens is 1. The van der Waals surface area contributed by atoms with Gasteiger partial charge in [-0.2, -0.15) is 0 Å². The monoisotopic (exact) mass is 253 g/mol. The fourth-order valence-electron chi connectivity index (χ4n) is 1.27. The van der Waals surface area contributed by atoms with E-state index in [9.17, 15) is 14.0 Å². The SMILES string of the molecule is CCNC(=O)CNC(=O)Nc1ccc(C)c(F)c1. The summed E-state index contributed by atoms with van der Waals surface area (Å²) >= 11 is 0. The van der Waals surface area contributed by atoms with Gasteiger partial charge in [0.2, 0.25) is 5.91 Å². The first kappa shape index (κ1) is 14.0. The van der Waals surface area contributed by atoms with E-state index in [2.05, 4.69) is 16.0 Å². The van der Waals surface area contributed by atoms with Gasteiger partial charge < -0.3 is 16.0 Å². The van der Waals surface area contributed by atoms with E-state index >= 15 is 0 Å². The molecule has 0 saturated heterocycles. The highest BCUT2D eigenvalue weighted by Crippen LogP contribution is 2.13. The van der Waals surface area contributed by atoms with E-state index in [4.69, 9.17) is 0 Å². The van der Waals surface area contributed by atoms with E-state index in [1.807, 2.05) is 0 Å². The van der Waals surface area contributed by atoms with Crippen molar-refractivity contribution in [3.63, 3.8) is 0 Å². The summed E-state index contributed by atoms with van der Waals surface area (Å²) in [4.78, 5) is 22.5. The quantitative estimate of drug-likeness (QED) is 0.759. The fraction of sp³-hybridized carbons (Fsp3) is 0.333. The van der Waals surface area contributed by atoms with Gasteiger partial charge in [0.1, 0.15) is 5.82 Å². The van der Waals surface area contributed by atoms with Crippen LogP contribution >= 0.6 is 0 Å². The van der Waals surface area contributed by atoms with Crippen LogP contribution in [0.15, 0.2) is 18.2 Å². The zero-order valence-electron chi connectivity index (χ0n) is 10.3. The van der Waals surface area contributed by atoms with E-state index in [0.717, 1.165) is 0 Å². The molecule has 3 N–H and O–H groups in total. The minimum atomic E-state index is -0.551. The van der Waals surface area contributed by atoms with Gasteiger partial charge in [0.05, 0.1) is 6.54 Å². The Morgan fingerprint density at radius 1 is 1.28 bits per heavy atom. The van der Waals surface area contributed by atoms with Gasteiger partial charge in [0.15, 0.2) is 0 Å². The van der Waals surface area contributed by atoms with Gasteiger partial charge in [-0.05, 0) is 31.5 Å². The highest BCUT2D eigenvalue weighted by atomic mass is 19.1. The van der Waals surface area contributed by atoms with E-state index in [1.54, 1.807) is 26.0 Å². The van der Waals surface area contributed by atoms with Crippen LogP contribution in [0.3, 0.4) is 0 Å². The molecule has 0 aliphatic carbocycles. The first-order valence-electron chi connectivity index (χ1n) is 5.60. The Hall–Kier alpha value is -2.11. The molecule has 1 aromatic carbocycles. The molecule has 0 aromatic heterocycles. The third-order valence-electron chi connectivity index (χ3n) is 2.21. The number of likely N-dealkylation sites (N-methyl/N-ethyl adjacent to an activating group) is 1. The number of anilines is 1. The highest BCUT2D eigenvalue weighted by Gasteiger charge is 2.06. The lowest BCUT2D eigenvalue weighted by molar-refractivity contribution is -0.119. The molecule has 98 valence electrons. The van der Waals surface area contributed by atoms with Crippen molar-refractivity contribution in [2.75, 3.05) is 18.4 Å². The van der Waals surface area contributed by atoms with Gasteiger partial charge in [-0.3, -0.25) is 4.79 Å². The van der Waals surface area contributed by atoms with E-state index in [1.165, 1.54) is 6.07 Å². The Bertz CT molecular complexity index is 449. The first-order chi connectivity index (χ1) is 8.52. The summed E-state index contributed by atoms with van der Waals surface area (Å²) in [6.45, 7) is 3.81. The zero-order valence-corrected chi connectivity index (χ0v) is 10.3. The van der Waals surface area contributed by atoms with Gasteiger partial charge >= 0.3 is 6.03 Å². The van der Waals surface area contributed by atoms with E-state index in [-0.39, 0.29) is 12.5 Å². The van der Waals surface area contributed by atoms with Gasteiger partial charge in [-0.15, -0.1) is 0 Å².